The maximum absolute atomic E-state index is 12.0. The number of hydrogen-bond donors (Lipinski definition) is 0. The van der Waals surface area contributed by atoms with E-state index < -0.39 is 0 Å². The zero-order valence-corrected chi connectivity index (χ0v) is 14.0. The minimum atomic E-state index is -0.123. The molecule has 3 nitrogen and oxygen atoms in total. The molecule has 1 rings (SSSR count). The lowest BCUT2D eigenvalue weighted by molar-refractivity contribution is -0.144. The van der Waals surface area contributed by atoms with Gasteiger partial charge in [0.1, 0.15) is 10.7 Å². The highest BCUT2D eigenvalue weighted by atomic mass is 32.2. The fourth-order valence-corrected chi connectivity index (χ4v) is 3.43. The van der Waals surface area contributed by atoms with Crippen molar-refractivity contribution in [3.05, 3.63) is 0 Å². The molecular formula is C16H30O3S. The third kappa shape index (κ3) is 6.98. The molecule has 20 heavy (non-hydrogen) atoms. The number of esters is 1. The van der Waals surface area contributed by atoms with Crippen molar-refractivity contribution in [2.45, 2.75) is 76.4 Å². The van der Waals surface area contributed by atoms with Gasteiger partial charge in [-0.3, -0.25) is 4.79 Å². The molecule has 1 aliphatic rings. The quantitative estimate of drug-likeness (QED) is 0.592. The highest BCUT2D eigenvalue weighted by Crippen LogP contribution is 2.27. The van der Waals surface area contributed by atoms with Crippen LogP contribution >= 0.6 is 11.8 Å². The van der Waals surface area contributed by atoms with Gasteiger partial charge < -0.3 is 9.47 Å². The van der Waals surface area contributed by atoms with Crippen LogP contribution in [0.15, 0.2) is 0 Å². The van der Waals surface area contributed by atoms with Crippen molar-refractivity contribution in [2.24, 2.45) is 5.92 Å². The molecule has 0 bridgehead atoms. The fraction of sp³-hybridized carbons (Fsp3) is 0.938. The number of ether oxygens (including phenoxy) is 2. The summed E-state index contributed by atoms with van der Waals surface area (Å²) >= 11 is 1.61. The molecule has 0 amide bonds. The summed E-state index contributed by atoms with van der Waals surface area (Å²) in [6.45, 7) is 7.70. The molecule has 1 aliphatic heterocycles. The summed E-state index contributed by atoms with van der Waals surface area (Å²) in [7, 11) is 0. The van der Waals surface area contributed by atoms with Gasteiger partial charge in [-0.1, -0.05) is 33.1 Å². The van der Waals surface area contributed by atoms with Gasteiger partial charge in [0.25, 0.3) is 0 Å². The van der Waals surface area contributed by atoms with Gasteiger partial charge in [0, 0.05) is 6.61 Å². The summed E-state index contributed by atoms with van der Waals surface area (Å²) in [5.41, 5.74) is 0.174. The Kier molecular flexibility index (Phi) is 9.36. The minimum Gasteiger partial charge on any atom is -0.465 e. The van der Waals surface area contributed by atoms with Crippen molar-refractivity contribution in [1.82, 2.24) is 0 Å². The van der Waals surface area contributed by atoms with Crippen molar-refractivity contribution in [1.29, 1.82) is 0 Å². The first kappa shape index (κ1) is 17.8. The summed E-state index contributed by atoms with van der Waals surface area (Å²) in [5, 5.41) is -0.123. The van der Waals surface area contributed by atoms with Gasteiger partial charge in [0.15, 0.2) is 0 Å². The number of rotatable bonds is 9. The lowest BCUT2D eigenvalue weighted by Crippen LogP contribution is -2.25. The van der Waals surface area contributed by atoms with Crippen LogP contribution in [0.25, 0.3) is 0 Å². The Morgan fingerprint density at radius 3 is 2.80 bits per heavy atom. The first-order chi connectivity index (χ1) is 9.67. The average Bonchev–Trinajstić information content (AvgIpc) is 2.48. The third-order valence-corrected chi connectivity index (χ3v) is 5.11. The van der Waals surface area contributed by atoms with Crippen molar-refractivity contribution in [2.75, 3.05) is 13.2 Å². The topological polar surface area (TPSA) is 35.5 Å². The summed E-state index contributed by atoms with van der Waals surface area (Å²) in [6.07, 6.45) is 8.07. The molecule has 0 aromatic heterocycles. The summed E-state index contributed by atoms with van der Waals surface area (Å²) in [6, 6.07) is 0. The molecule has 4 heteroatoms. The molecule has 3 atom stereocenters. The molecule has 0 aromatic rings. The van der Waals surface area contributed by atoms with Crippen LogP contribution in [0.3, 0.4) is 0 Å². The molecule has 3 unspecified atom stereocenters. The Bertz CT molecular complexity index is 264. The van der Waals surface area contributed by atoms with Crippen molar-refractivity contribution < 1.29 is 14.3 Å². The van der Waals surface area contributed by atoms with Crippen LogP contribution < -0.4 is 0 Å². The number of thioether (sulfide) groups is 1. The molecule has 0 aliphatic carbocycles. The lowest BCUT2D eigenvalue weighted by Gasteiger charge is -2.24. The standard InChI is InChI=1S/C16H30O3S/c1-4-6-9-14(5-2)12-19-16(17)13(3)20-15-10-7-8-11-18-15/h13-15H,4-12H2,1-3H3. The van der Waals surface area contributed by atoms with E-state index in [2.05, 4.69) is 13.8 Å². The van der Waals surface area contributed by atoms with Crippen molar-refractivity contribution >= 4 is 17.7 Å². The Labute approximate surface area is 128 Å². The predicted octanol–water partition coefficient (Wildman–Crippen LogP) is 4.39. The van der Waals surface area contributed by atoms with E-state index in [1.807, 2.05) is 6.92 Å². The predicted molar refractivity (Wildman–Crippen MR) is 84.9 cm³/mol. The van der Waals surface area contributed by atoms with Gasteiger partial charge in [-0.15, -0.1) is 11.8 Å². The fourth-order valence-electron chi connectivity index (χ4n) is 2.32. The van der Waals surface area contributed by atoms with E-state index in [1.54, 1.807) is 11.8 Å². The van der Waals surface area contributed by atoms with Gasteiger partial charge in [0.2, 0.25) is 0 Å². The van der Waals surface area contributed by atoms with E-state index >= 15 is 0 Å². The second-order valence-corrected chi connectivity index (χ2v) is 7.13. The molecular weight excluding hydrogens is 272 g/mol. The number of hydrogen-bond acceptors (Lipinski definition) is 4. The summed E-state index contributed by atoms with van der Waals surface area (Å²) < 4.78 is 11.1. The normalized spacial score (nSPS) is 22.2. The molecule has 118 valence electrons. The van der Waals surface area contributed by atoms with Gasteiger partial charge >= 0.3 is 5.97 Å². The molecule has 0 radical (unpaired) electrons. The van der Waals surface area contributed by atoms with E-state index in [4.69, 9.17) is 9.47 Å². The SMILES string of the molecule is CCCCC(CC)COC(=O)C(C)SC1CCCCO1. The second kappa shape index (κ2) is 10.5. The van der Waals surface area contributed by atoms with Crippen LogP contribution in [0.2, 0.25) is 0 Å². The summed E-state index contributed by atoms with van der Waals surface area (Å²) in [4.78, 5) is 12.0. The molecule has 0 N–H and O–H groups in total. The van der Waals surface area contributed by atoms with Gasteiger partial charge in [-0.2, -0.15) is 0 Å². The maximum Gasteiger partial charge on any atom is 0.318 e. The highest BCUT2D eigenvalue weighted by Gasteiger charge is 2.23. The average molecular weight is 302 g/mol. The first-order valence-corrected chi connectivity index (χ1v) is 9.05. The zero-order chi connectivity index (χ0) is 14.8. The van der Waals surface area contributed by atoms with E-state index in [-0.39, 0.29) is 16.7 Å². The molecule has 1 fully saturated rings. The Hall–Kier alpha value is -0.220. The first-order valence-electron chi connectivity index (χ1n) is 8.11. The van der Waals surface area contributed by atoms with Crippen LogP contribution in [-0.4, -0.2) is 29.9 Å². The van der Waals surface area contributed by atoms with E-state index in [1.165, 1.54) is 19.3 Å². The van der Waals surface area contributed by atoms with Crippen LogP contribution in [0.1, 0.15) is 65.7 Å². The minimum absolute atomic E-state index is 0.0841. The molecule has 0 aromatic carbocycles. The number of carbonyl (C=O) groups is 1. The number of unbranched alkanes of at least 4 members (excludes halogenated alkanes) is 1. The maximum atomic E-state index is 12.0. The van der Waals surface area contributed by atoms with Crippen LogP contribution in [-0.2, 0) is 14.3 Å². The summed E-state index contributed by atoms with van der Waals surface area (Å²) in [5.74, 6) is 0.432. The molecule has 1 heterocycles. The van der Waals surface area contributed by atoms with Crippen LogP contribution in [0.4, 0.5) is 0 Å². The molecule has 0 spiro atoms. The highest BCUT2D eigenvalue weighted by molar-refractivity contribution is 8.01. The monoisotopic (exact) mass is 302 g/mol. The van der Waals surface area contributed by atoms with Crippen LogP contribution in [0, 0.1) is 5.92 Å². The van der Waals surface area contributed by atoms with E-state index in [0.717, 1.165) is 32.3 Å². The molecule has 0 saturated carbocycles. The smallest absolute Gasteiger partial charge is 0.318 e. The Balaban J connectivity index is 2.22. The third-order valence-electron chi connectivity index (χ3n) is 3.83. The van der Waals surface area contributed by atoms with Gasteiger partial charge in [-0.25, -0.2) is 0 Å². The zero-order valence-electron chi connectivity index (χ0n) is 13.2. The lowest BCUT2D eigenvalue weighted by atomic mass is 10.0. The van der Waals surface area contributed by atoms with Gasteiger partial charge in [0.05, 0.1) is 6.61 Å². The Morgan fingerprint density at radius 1 is 1.40 bits per heavy atom. The van der Waals surface area contributed by atoms with Crippen molar-refractivity contribution in [3.63, 3.8) is 0 Å². The van der Waals surface area contributed by atoms with Crippen LogP contribution in [0.5, 0.6) is 0 Å². The second-order valence-electron chi connectivity index (χ2n) is 5.62. The van der Waals surface area contributed by atoms with Crippen molar-refractivity contribution in [3.8, 4) is 0 Å². The van der Waals surface area contributed by atoms with Gasteiger partial charge in [-0.05, 0) is 38.5 Å². The van der Waals surface area contributed by atoms with E-state index in [0.29, 0.717) is 12.5 Å². The number of carbonyl (C=O) groups excluding carboxylic acids is 1. The Morgan fingerprint density at radius 2 is 2.20 bits per heavy atom. The largest absolute Gasteiger partial charge is 0.465 e. The van der Waals surface area contributed by atoms with E-state index in [9.17, 15) is 4.79 Å². The molecule has 1 saturated heterocycles.